The number of fused-ring (bicyclic) bond motifs is 1. The normalized spacial score (nSPS) is 11.3. The van der Waals surface area contributed by atoms with Crippen LogP contribution < -0.4 is 21.9 Å². The lowest BCUT2D eigenvalue weighted by Gasteiger charge is -2.24. The van der Waals surface area contributed by atoms with Crippen LogP contribution in [-0.4, -0.2) is 22.0 Å². The third-order valence-electron chi connectivity index (χ3n) is 5.03. The number of nitrogens with one attached hydrogen (secondary N) is 1. The average molecular weight is 412 g/mol. The highest BCUT2D eigenvalue weighted by atomic mass is 16.3. The zero-order valence-electron chi connectivity index (χ0n) is 17.6. The van der Waals surface area contributed by atoms with Crippen LogP contribution in [0, 0.1) is 5.92 Å². The second kappa shape index (κ2) is 9.02. The fraction of sp³-hybridized carbons (Fsp3) is 0.409. The highest BCUT2D eigenvalue weighted by molar-refractivity contribution is 6.07. The third-order valence-corrected chi connectivity index (χ3v) is 5.03. The maximum atomic E-state index is 13.4. The van der Waals surface area contributed by atoms with Gasteiger partial charge in [0.2, 0.25) is 0 Å². The molecule has 0 spiro atoms. The van der Waals surface area contributed by atoms with Gasteiger partial charge in [-0.25, -0.2) is 4.79 Å². The van der Waals surface area contributed by atoms with E-state index in [-0.39, 0.29) is 23.8 Å². The van der Waals surface area contributed by atoms with Crippen LogP contribution in [0.2, 0.25) is 0 Å². The molecule has 0 fully saturated rings. The topological polar surface area (TPSA) is 114 Å². The summed E-state index contributed by atoms with van der Waals surface area (Å²) in [4.78, 5) is 42.0. The van der Waals surface area contributed by atoms with Crippen molar-refractivity contribution in [2.24, 2.45) is 5.92 Å². The van der Waals surface area contributed by atoms with Crippen molar-refractivity contribution in [2.45, 2.75) is 46.6 Å². The van der Waals surface area contributed by atoms with E-state index in [1.807, 2.05) is 39.0 Å². The van der Waals surface area contributed by atoms with Crippen molar-refractivity contribution in [2.75, 3.05) is 17.2 Å². The van der Waals surface area contributed by atoms with Crippen LogP contribution in [0.15, 0.2) is 44.3 Å². The Morgan fingerprint density at radius 3 is 2.67 bits per heavy atom. The van der Waals surface area contributed by atoms with Crippen molar-refractivity contribution >= 4 is 28.4 Å². The predicted octanol–water partition coefficient (Wildman–Crippen LogP) is 3.36. The molecule has 30 heavy (non-hydrogen) atoms. The Balaban J connectivity index is 2.10. The minimum atomic E-state index is -0.682. The molecule has 3 aromatic rings. The largest absolute Gasteiger partial charge is 0.451 e. The number of H-pyrrole nitrogens is 1. The summed E-state index contributed by atoms with van der Waals surface area (Å²) in [5, 5.41) is 0.791. The van der Waals surface area contributed by atoms with Gasteiger partial charge in [0.25, 0.3) is 11.5 Å². The SMILES string of the molecule is CCCCn1c(N)c(N(CCC(C)C)C(=O)c2cc3ccccc3o2)c(=O)[nH]c1=O. The number of hydrogen-bond acceptors (Lipinski definition) is 5. The molecule has 0 saturated heterocycles. The van der Waals surface area contributed by atoms with E-state index in [1.54, 1.807) is 12.1 Å². The first kappa shape index (κ1) is 21.4. The Labute approximate surface area is 174 Å². The number of anilines is 2. The summed E-state index contributed by atoms with van der Waals surface area (Å²) in [6.07, 6.45) is 2.23. The van der Waals surface area contributed by atoms with Crippen LogP contribution >= 0.6 is 0 Å². The molecule has 0 bridgehead atoms. The number of furan rings is 1. The number of aromatic nitrogens is 2. The number of nitrogens with zero attached hydrogens (tertiary/aromatic N) is 2. The zero-order valence-corrected chi connectivity index (χ0v) is 17.6. The number of para-hydroxylation sites is 1. The molecule has 1 amide bonds. The van der Waals surface area contributed by atoms with Gasteiger partial charge in [0.15, 0.2) is 11.4 Å². The van der Waals surface area contributed by atoms with E-state index in [9.17, 15) is 14.4 Å². The van der Waals surface area contributed by atoms with Gasteiger partial charge >= 0.3 is 5.69 Å². The van der Waals surface area contributed by atoms with E-state index in [2.05, 4.69) is 4.98 Å². The van der Waals surface area contributed by atoms with Crippen LogP contribution in [0.3, 0.4) is 0 Å². The van der Waals surface area contributed by atoms with E-state index >= 15 is 0 Å². The minimum absolute atomic E-state index is 0.00887. The predicted molar refractivity (Wildman–Crippen MR) is 118 cm³/mol. The van der Waals surface area contributed by atoms with Gasteiger partial charge in [-0.3, -0.25) is 24.0 Å². The van der Waals surface area contributed by atoms with Crippen LogP contribution in [-0.2, 0) is 6.54 Å². The number of unbranched alkanes of at least 4 members (excludes halogenated alkanes) is 1. The number of carbonyl (C=O) groups is 1. The van der Waals surface area contributed by atoms with Crippen molar-refractivity contribution in [3.63, 3.8) is 0 Å². The van der Waals surface area contributed by atoms with Crippen LogP contribution in [0.1, 0.15) is 50.6 Å². The second-order valence-electron chi connectivity index (χ2n) is 7.79. The smallest absolute Gasteiger partial charge is 0.330 e. The quantitative estimate of drug-likeness (QED) is 0.589. The maximum absolute atomic E-state index is 13.4. The molecule has 2 aromatic heterocycles. The number of carbonyl (C=O) groups excluding carboxylic acids is 1. The first-order chi connectivity index (χ1) is 14.3. The summed E-state index contributed by atoms with van der Waals surface area (Å²) in [6, 6.07) is 8.95. The van der Waals surface area contributed by atoms with E-state index in [0.29, 0.717) is 24.5 Å². The minimum Gasteiger partial charge on any atom is -0.451 e. The molecule has 8 heteroatoms. The summed E-state index contributed by atoms with van der Waals surface area (Å²) in [7, 11) is 0. The molecule has 3 rings (SSSR count). The van der Waals surface area contributed by atoms with Gasteiger partial charge in [-0.15, -0.1) is 0 Å². The summed E-state index contributed by atoms with van der Waals surface area (Å²) in [5.41, 5.74) is 5.55. The molecular formula is C22H28N4O4. The average Bonchev–Trinajstić information content (AvgIpc) is 3.13. The summed E-state index contributed by atoms with van der Waals surface area (Å²) < 4.78 is 7.04. The number of aromatic amines is 1. The Kier molecular flexibility index (Phi) is 6.44. The highest BCUT2D eigenvalue weighted by Crippen LogP contribution is 2.25. The standard InChI is InChI=1S/C22H28N4O4/c1-4-5-11-26-19(23)18(20(27)24-22(26)29)25(12-10-14(2)3)21(28)17-13-15-8-6-7-9-16(15)30-17/h6-9,13-14H,4-5,10-12,23H2,1-3H3,(H,24,27,29). The van der Waals surface area contributed by atoms with E-state index < -0.39 is 17.2 Å². The van der Waals surface area contributed by atoms with Crippen molar-refractivity contribution in [3.05, 3.63) is 56.9 Å². The number of nitrogen functional groups attached to an aromatic ring is 1. The van der Waals surface area contributed by atoms with E-state index in [1.165, 1.54) is 9.47 Å². The first-order valence-electron chi connectivity index (χ1n) is 10.3. The fourth-order valence-electron chi connectivity index (χ4n) is 3.30. The van der Waals surface area contributed by atoms with Gasteiger partial charge in [0.1, 0.15) is 11.4 Å². The highest BCUT2D eigenvalue weighted by Gasteiger charge is 2.27. The van der Waals surface area contributed by atoms with Gasteiger partial charge in [-0.2, -0.15) is 0 Å². The molecule has 0 aliphatic heterocycles. The lowest BCUT2D eigenvalue weighted by molar-refractivity contribution is 0.0961. The maximum Gasteiger partial charge on any atom is 0.330 e. The Bertz CT molecular complexity index is 1120. The van der Waals surface area contributed by atoms with Crippen LogP contribution in [0.25, 0.3) is 11.0 Å². The number of amides is 1. The van der Waals surface area contributed by atoms with Crippen molar-refractivity contribution in [1.82, 2.24) is 9.55 Å². The van der Waals surface area contributed by atoms with Crippen LogP contribution in [0.5, 0.6) is 0 Å². The van der Waals surface area contributed by atoms with E-state index in [4.69, 9.17) is 10.2 Å². The lowest BCUT2D eigenvalue weighted by Crippen LogP contribution is -2.41. The lowest BCUT2D eigenvalue weighted by atomic mass is 10.1. The molecule has 0 unspecified atom stereocenters. The van der Waals surface area contributed by atoms with Crippen molar-refractivity contribution in [3.8, 4) is 0 Å². The van der Waals surface area contributed by atoms with Gasteiger partial charge < -0.3 is 10.2 Å². The van der Waals surface area contributed by atoms with Gasteiger partial charge in [-0.1, -0.05) is 45.4 Å². The third kappa shape index (κ3) is 4.32. The van der Waals surface area contributed by atoms with Crippen LogP contribution in [0.4, 0.5) is 11.5 Å². The number of rotatable bonds is 8. The van der Waals surface area contributed by atoms with Gasteiger partial charge in [0.05, 0.1) is 0 Å². The summed E-state index contributed by atoms with van der Waals surface area (Å²) >= 11 is 0. The molecule has 2 heterocycles. The Hall–Kier alpha value is -3.29. The second-order valence-corrected chi connectivity index (χ2v) is 7.79. The summed E-state index contributed by atoms with van der Waals surface area (Å²) in [5.74, 6) is -0.0671. The summed E-state index contributed by atoms with van der Waals surface area (Å²) in [6.45, 7) is 6.68. The first-order valence-corrected chi connectivity index (χ1v) is 10.3. The number of hydrogen-bond donors (Lipinski definition) is 2. The van der Waals surface area contributed by atoms with E-state index in [0.717, 1.165) is 18.2 Å². The molecule has 8 nitrogen and oxygen atoms in total. The van der Waals surface area contributed by atoms with Crippen molar-refractivity contribution < 1.29 is 9.21 Å². The molecule has 0 saturated carbocycles. The Morgan fingerprint density at radius 1 is 1.27 bits per heavy atom. The molecule has 0 radical (unpaired) electrons. The molecule has 0 aliphatic rings. The van der Waals surface area contributed by atoms with Crippen molar-refractivity contribution in [1.29, 1.82) is 0 Å². The fourth-order valence-corrected chi connectivity index (χ4v) is 3.30. The molecule has 160 valence electrons. The number of nitrogens with two attached hydrogens (primary N) is 1. The molecule has 3 N–H and O–H groups in total. The monoisotopic (exact) mass is 412 g/mol. The van der Waals surface area contributed by atoms with Gasteiger partial charge in [-0.05, 0) is 30.9 Å². The molecular weight excluding hydrogens is 384 g/mol. The number of benzene rings is 1. The molecule has 0 atom stereocenters. The molecule has 0 aliphatic carbocycles. The Morgan fingerprint density at radius 2 is 2.00 bits per heavy atom. The molecule has 1 aromatic carbocycles. The van der Waals surface area contributed by atoms with Gasteiger partial charge in [0, 0.05) is 18.5 Å². The zero-order chi connectivity index (χ0) is 21.8.